The molecule has 0 aliphatic heterocycles. The van der Waals surface area contributed by atoms with Crippen LogP contribution in [0.5, 0.6) is 5.75 Å². The Balaban J connectivity index is 1.32. The van der Waals surface area contributed by atoms with E-state index in [1.807, 2.05) is 31.2 Å². The van der Waals surface area contributed by atoms with Gasteiger partial charge < -0.3 is 9.15 Å². The summed E-state index contributed by atoms with van der Waals surface area (Å²) in [6.45, 7) is 2.00. The third kappa shape index (κ3) is 3.06. The quantitative estimate of drug-likeness (QED) is 0.637. The van der Waals surface area contributed by atoms with Crippen LogP contribution in [0.2, 0.25) is 0 Å². The lowest BCUT2D eigenvalue weighted by molar-refractivity contribution is -0.143. The summed E-state index contributed by atoms with van der Waals surface area (Å²) in [4.78, 5) is 13.4. The first-order valence-corrected chi connectivity index (χ1v) is 11.1. The number of carbonyl (C=O) groups is 1. The largest absolute Gasteiger partial charge is 0.496 e. The van der Waals surface area contributed by atoms with E-state index in [0.717, 1.165) is 42.6 Å². The third-order valence-corrected chi connectivity index (χ3v) is 7.89. The van der Waals surface area contributed by atoms with Gasteiger partial charge in [-0.1, -0.05) is 23.9 Å². The average Bonchev–Trinajstić information content (AvgIpc) is 3.14. The van der Waals surface area contributed by atoms with Gasteiger partial charge >= 0.3 is 0 Å². The fourth-order valence-electron chi connectivity index (χ4n) is 6.24. The van der Waals surface area contributed by atoms with E-state index >= 15 is 0 Å². The lowest BCUT2D eigenvalue weighted by atomic mass is 9.48. The maximum Gasteiger partial charge on any atom is 0.277 e. The van der Waals surface area contributed by atoms with E-state index in [-0.39, 0.29) is 10.7 Å². The molecule has 148 valence electrons. The fraction of sp³-hybridized carbons (Fsp3) is 0.591. The summed E-state index contributed by atoms with van der Waals surface area (Å²) in [7, 11) is 1.62. The molecule has 1 aromatic heterocycles. The number of thioether (sulfide) groups is 1. The standard InChI is InChI=1S/C22H26N2O3S/c1-13(19(25)22-10-14-7-15(11-22)9-16(8-14)12-22)28-21-24-23-20(27-21)17-5-3-4-6-18(17)26-2/h3-6,13-16H,7-12H2,1-2H3. The van der Waals surface area contributed by atoms with Gasteiger partial charge in [0, 0.05) is 5.41 Å². The van der Waals surface area contributed by atoms with Gasteiger partial charge in [0.05, 0.1) is 17.9 Å². The van der Waals surface area contributed by atoms with E-state index in [1.54, 1.807) is 7.11 Å². The summed E-state index contributed by atoms with van der Waals surface area (Å²) in [5.74, 6) is 3.83. The van der Waals surface area contributed by atoms with Gasteiger partial charge in [-0.3, -0.25) is 4.79 Å². The lowest BCUT2D eigenvalue weighted by Gasteiger charge is -2.56. The number of nitrogens with zero attached hydrogens (tertiary/aromatic N) is 2. The van der Waals surface area contributed by atoms with Crippen molar-refractivity contribution in [3.05, 3.63) is 24.3 Å². The molecule has 0 radical (unpaired) electrons. The monoisotopic (exact) mass is 398 g/mol. The average molecular weight is 399 g/mol. The van der Waals surface area contributed by atoms with Crippen molar-refractivity contribution < 1.29 is 13.9 Å². The molecular formula is C22H26N2O3S. The zero-order chi connectivity index (χ0) is 19.3. The molecule has 0 saturated heterocycles. The highest BCUT2D eigenvalue weighted by molar-refractivity contribution is 8.00. The number of methoxy groups -OCH3 is 1. The van der Waals surface area contributed by atoms with Gasteiger partial charge in [0.1, 0.15) is 5.75 Å². The van der Waals surface area contributed by atoms with Crippen LogP contribution < -0.4 is 4.74 Å². The second kappa shape index (κ2) is 6.90. The Morgan fingerprint density at radius 2 is 1.79 bits per heavy atom. The molecule has 6 rings (SSSR count). The van der Waals surface area contributed by atoms with Crippen LogP contribution in [0.25, 0.3) is 11.5 Å². The molecule has 0 spiro atoms. The molecule has 4 saturated carbocycles. The zero-order valence-corrected chi connectivity index (χ0v) is 17.2. The maximum atomic E-state index is 13.4. The Bertz CT molecular complexity index is 858. The van der Waals surface area contributed by atoms with Crippen molar-refractivity contribution in [2.24, 2.45) is 23.2 Å². The minimum Gasteiger partial charge on any atom is -0.496 e. The number of para-hydroxylation sites is 1. The molecule has 1 heterocycles. The van der Waals surface area contributed by atoms with E-state index in [9.17, 15) is 4.79 Å². The first-order chi connectivity index (χ1) is 13.6. The Morgan fingerprint density at radius 3 is 2.43 bits per heavy atom. The van der Waals surface area contributed by atoms with Gasteiger partial charge in [0.2, 0.25) is 0 Å². The number of rotatable bonds is 6. The Hall–Kier alpha value is -1.82. The predicted molar refractivity (Wildman–Crippen MR) is 107 cm³/mol. The molecule has 0 N–H and O–H groups in total. The van der Waals surface area contributed by atoms with Gasteiger partial charge in [0.25, 0.3) is 11.1 Å². The van der Waals surface area contributed by atoms with E-state index in [0.29, 0.717) is 22.6 Å². The van der Waals surface area contributed by atoms with Crippen molar-refractivity contribution in [3.8, 4) is 17.2 Å². The molecule has 4 fully saturated rings. The number of aromatic nitrogens is 2. The van der Waals surface area contributed by atoms with Crippen LogP contribution in [0.1, 0.15) is 45.4 Å². The minimum absolute atomic E-state index is 0.0906. The minimum atomic E-state index is -0.165. The van der Waals surface area contributed by atoms with Crippen LogP contribution in [0.4, 0.5) is 0 Å². The summed E-state index contributed by atoms with van der Waals surface area (Å²) >= 11 is 1.40. The molecule has 1 atom stereocenters. The fourth-order valence-corrected chi connectivity index (χ4v) is 7.11. The summed E-state index contributed by atoms with van der Waals surface area (Å²) in [5, 5.41) is 8.63. The number of hydrogen-bond acceptors (Lipinski definition) is 6. The van der Waals surface area contributed by atoms with Crippen molar-refractivity contribution in [2.45, 2.75) is 55.9 Å². The maximum absolute atomic E-state index is 13.4. The van der Waals surface area contributed by atoms with E-state index in [4.69, 9.17) is 9.15 Å². The number of ketones is 1. The van der Waals surface area contributed by atoms with Gasteiger partial charge in [-0.05, 0) is 75.3 Å². The van der Waals surface area contributed by atoms with Crippen LogP contribution in [-0.2, 0) is 4.79 Å². The lowest BCUT2D eigenvalue weighted by Crippen LogP contribution is -2.51. The summed E-state index contributed by atoms with van der Waals surface area (Å²) in [5.41, 5.74) is 0.677. The predicted octanol–water partition coefficient (Wildman–Crippen LogP) is 5.01. The first-order valence-electron chi connectivity index (χ1n) is 10.2. The topological polar surface area (TPSA) is 65.2 Å². The number of benzene rings is 1. The summed E-state index contributed by atoms with van der Waals surface area (Å²) < 4.78 is 11.2. The number of Topliss-reactive ketones (excluding diaryl/α,β-unsaturated/α-hetero) is 1. The Labute approximate surface area is 169 Å². The molecule has 6 heteroatoms. The second-order valence-corrected chi connectivity index (χ2v) is 10.2. The molecule has 1 aromatic carbocycles. The van der Waals surface area contributed by atoms with Crippen LogP contribution in [0.3, 0.4) is 0 Å². The van der Waals surface area contributed by atoms with E-state index < -0.39 is 0 Å². The molecule has 5 nitrogen and oxygen atoms in total. The second-order valence-electron chi connectivity index (χ2n) is 8.90. The van der Waals surface area contributed by atoms with Gasteiger partial charge in [-0.25, -0.2) is 0 Å². The molecular weight excluding hydrogens is 372 g/mol. The number of hydrogen-bond donors (Lipinski definition) is 0. The molecule has 4 aliphatic carbocycles. The highest BCUT2D eigenvalue weighted by Crippen LogP contribution is 2.61. The van der Waals surface area contributed by atoms with Crippen molar-refractivity contribution in [2.75, 3.05) is 7.11 Å². The summed E-state index contributed by atoms with van der Waals surface area (Å²) in [6, 6.07) is 7.57. The van der Waals surface area contributed by atoms with Crippen molar-refractivity contribution >= 4 is 17.5 Å². The third-order valence-electron chi connectivity index (χ3n) is 6.95. The van der Waals surface area contributed by atoms with Gasteiger partial charge in [0.15, 0.2) is 5.78 Å². The van der Waals surface area contributed by atoms with Crippen LogP contribution >= 0.6 is 11.8 Å². The van der Waals surface area contributed by atoms with Gasteiger partial charge in [-0.15, -0.1) is 10.2 Å². The zero-order valence-electron chi connectivity index (χ0n) is 16.4. The SMILES string of the molecule is COc1ccccc1-c1nnc(SC(C)C(=O)C23CC4CC(CC(C4)C2)C3)o1. The normalized spacial score (nSPS) is 31.7. The molecule has 4 aliphatic rings. The van der Waals surface area contributed by atoms with Crippen LogP contribution in [0.15, 0.2) is 33.9 Å². The smallest absolute Gasteiger partial charge is 0.277 e. The van der Waals surface area contributed by atoms with E-state index in [1.165, 1.54) is 31.0 Å². The van der Waals surface area contributed by atoms with Gasteiger partial charge in [-0.2, -0.15) is 0 Å². The van der Waals surface area contributed by atoms with Crippen molar-refractivity contribution in [1.29, 1.82) is 0 Å². The number of ether oxygens (including phenoxy) is 1. The molecule has 2 aromatic rings. The van der Waals surface area contributed by atoms with Crippen LogP contribution in [-0.4, -0.2) is 28.3 Å². The highest BCUT2D eigenvalue weighted by atomic mass is 32.2. The first kappa shape index (κ1) is 18.2. The van der Waals surface area contributed by atoms with Crippen molar-refractivity contribution in [3.63, 3.8) is 0 Å². The molecule has 0 amide bonds. The Kier molecular flexibility index (Phi) is 4.49. The van der Waals surface area contributed by atoms with Crippen molar-refractivity contribution in [1.82, 2.24) is 10.2 Å². The van der Waals surface area contributed by atoms with E-state index in [2.05, 4.69) is 10.2 Å². The molecule has 4 bridgehead atoms. The highest BCUT2D eigenvalue weighted by Gasteiger charge is 2.55. The number of carbonyl (C=O) groups excluding carboxylic acids is 1. The molecule has 1 unspecified atom stereocenters. The molecule has 28 heavy (non-hydrogen) atoms. The summed E-state index contributed by atoms with van der Waals surface area (Å²) in [6.07, 6.45) is 7.33. The Morgan fingerprint density at radius 1 is 1.14 bits per heavy atom. The van der Waals surface area contributed by atoms with Crippen LogP contribution in [0, 0.1) is 23.2 Å².